The van der Waals surface area contributed by atoms with E-state index in [2.05, 4.69) is 27.8 Å². The number of carboxylic acids is 1. The van der Waals surface area contributed by atoms with Crippen LogP contribution in [0.1, 0.15) is 29.3 Å². The van der Waals surface area contributed by atoms with Crippen molar-refractivity contribution in [3.63, 3.8) is 0 Å². The van der Waals surface area contributed by atoms with E-state index >= 15 is 0 Å². The lowest BCUT2D eigenvalue weighted by molar-refractivity contribution is -0.136. The zero-order chi connectivity index (χ0) is 14.0. The summed E-state index contributed by atoms with van der Waals surface area (Å²) in [5, 5.41) is 9.58. The highest BCUT2D eigenvalue weighted by atomic mass is 79.9. The number of ketones is 1. The minimum absolute atomic E-state index is 0.207. The fraction of sp³-hybridized carbons (Fsp3) is 0.286. The molecule has 19 heavy (non-hydrogen) atoms. The van der Waals surface area contributed by atoms with Crippen LogP contribution in [0.5, 0.6) is 0 Å². The molecule has 1 unspecified atom stereocenters. The van der Waals surface area contributed by atoms with E-state index in [1.54, 1.807) is 6.20 Å². The Morgan fingerprint density at radius 3 is 2.79 bits per heavy atom. The maximum Gasteiger partial charge on any atom is 0.304 e. The summed E-state index contributed by atoms with van der Waals surface area (Å²) >= 11 is 3.14. The lowest BCUT2D eigenvalue weighted by atomic mass is 10.0. The molecule has 100 valence electrons. The summed E-state index contributed by atoms with van der Waals surface area (Å²) in [7, 11) is 0. The Kier molecular flexibility index (Phi) is 4.04. The van der Waals surface area contributed by atoms with Crippen molar-refractivity contribution < 1.29 is 14.7 Å². The molecule has 0 bridgehead atoms. The van der Waals surface area contributed by atoms with Crippen LogP contribution in [0.15, 0.2) is 24.4 Å². The van der Waals surface area contributed by atoms with Gasteiger partial charge in [0.1, 0.15) is 0 Å². The van der Waals surface area contributed by atoms with Crippen molar-refractivity contribution >= 4 is 38.6 Å². The number of hydrogen-bond donors (Lipinski definition) is 2. The number of halogens is 1. The van der Waals surface area contributed by atoms with E-state index in [9.17, 15) is 9.59 Å². The van der Waals surface area contributed by atoms with E-state index in [1.165, 1.54) is 0 Å². The van der Waals surface area contributed by atoms with E-state index in [4.69, 9.17) is 5.11 Å². The van der Waals surface area contributed by atoms with Crippen LogP contribution in [0.25, 0.3) is 10.9 Å². The van der Waals surface area contributed by atoms with Gasteiger partial charge in [-0.25, -0.2) is 0 Å². The zero-order valence-corrected chi connectivity index (χ0v) is 12.0. The van der Waals surface area contributed by atoms with Gasteiger partial charge in [-0.2, -0.15) is 0 Å². The van der Waals surface area contributed by atoms with Gasteiger partial charge in [-0.1, -0.05) is 41.1 Å². The van der Waals surface area contributed by atoms with Crippen molar-refractivity contribution in [3.8, 4) is 0 Å². The predicted molar refractivity (Wildman–Crippen MR) is 77.0 cm³/mol. The minimum Gasteiger partial charge on any atom is -0.481 e. The van der Waals surface area contributed by atoms with E-state index in [0.29, 0.717) is 5.56 Å². The van der Waals surface area contributed by atoms with Gasteiger partial charge in [0, 0.05) is 22.7 Å². The number of aromatic amines is 1. The number of rotatable bonds is 5. The molecule has 0 aliphatic heterocycles. The number of para-hydroxylation sites is 1. The van der Waals surface area contributed by atoms with Crippen LogP contribution in [0, 0.1) is 0 Å². The highest BCUT2D eigenvalue weighted by Gasteiger charge is 2.22. The molecule has 0 aliphatic rings. The summed E-state index contributed by atoms with van der Waals surface area (Å²) in [6, 6.07) is 5.79. The first-order valence-electron chi connectivity index (χ1n) is 6.03. The number of nitrogens with one attached hydrogen (secondary N) is 1. The molecule has 0 fully saturated rings. The first kappa shape index (κ1) is 13.8. The Morgan fingerprint density at radius 2 is 2.16 bits per heavy atom. The summed E-state index contributed by atoms with van der Waals surface area (Å²) in [4.78, 5) is 25.3. The fourth-order valence-electron chi connectivity index (χ4n) is 2.13. The van der Waals surface area contributed by atoms with E-state index in [-0.39, 0.29) is 12.2 Å². The monoisotopic (exact) mass is 323 g/mol. The van der Waals surface area contributed by atoms with Crippen LogP contribution < -0.4 is 0 Å². The average Bonchev–Trinajstić information content (AvgIpc) is 2.80. The van der Waals surface area contributed by atoms with E-state index in [1.807, 2.05) is 18.2 Å². The van der Waals surface area contributed by atoms with Gasteiger partial charge in [0.25, 0.3) is 0 Å². The lowest BCUT2D eigenvalue weighted by Crippen LogP contribution is -2.17. The number of benzene rings is 1. The highest BCUT2D eigenvalue weighted by Crippen LogP contribution is 2.25. The molecule has 2 rings (SSSR count). The topological polar surface area (TPSA) is 70.2 Å². The number of carbonyl (C=O) groups is 2. The molecule has 1 heterocycles. The van der Waals surface area contributed by atoms with Crippen LogP contribution in [0.2, 0.25) is 0 Å². The number of Topliss-reactive ketones (excluding diaryl/α,β-unsaturated/α-hetero) is 1. The molecule has 0 spiro atoms. The summed E-state index contributed by atoms with van der Waals surface area (Å²) in [5.74, 6) is -1.20. The third kappa shape index (κ3) is 2.71. The fourth-order valence-corrected chi connectivity index (χ4v) is 2.65. The second-order valence-corrected chi connectivity index (χ2v) is 5.43. The smallest absolute Gasteiger partial charge is 0.304 e. The van der Waals surface area contributed by atoms with Crippen LogP contribution >= 0.6 is 15.9 Å². The van der Waals surface area contributed by atoms with E-state index < -0.39 is 10.8 Å². The van der Waals surface area contributed by atoms with Crippen LogP contribution in [-0.4, -0.2) is 26.7 Å². The molecule has 0 amide bonds. The molecular weight excluding hydrogens is 310 g/mol. The molecule has 0 saturated heterocycles. The first-order chi connectivity index (χ1) is 9.04. The molecule has 2 N–H and O–H groups in total. The van der Waals surface area contributed by atoms with Gasteiger partial charge in [0.2, 0.25) is 0 Å². The molecule has 4 nitrogen and oxygen atoms in total. The van der Waals surface area contributed by atoms with Crippen LogP contribution in [-0.2, 0) is 11.2 Å². The standard InChI is InChI=1S/C14H14BrNO3/c1-2-8-4-3-5-9-10(7-16-13(8)9)14(19)11(15)6-12(17)18/h3-5,7,11,16H,2,6H2,1H3,(H,17,18). The average molecular weight is 324 g/mol. The maximum absolute atomic E-state index is 12.2. The maximum atomic E-state index is 12.2. The second kappa shape index (κ2) is 5.57. The Hall–Kier alpha value is -1.62. The Labute approximate surface area is 118 Å². The number of fused-ring (bicyclic) bond motifs is 1. The number of alkyl halides is 1. The number of carbonyl (C=O) groups excluding carboxylic acids is 1. The van der Waals surface area contributed by atoms with Crippen molar-refractivity contribution in [3.05, 3.63) is 35.5 Å². The largest absolute Gasteiger partial charge is 0.481 e. The van der Waals surface area contributed by atoms with Crippen LogP contribution in [0.3, 0.4) is 0 Å². The summed E-state index contributed by atoms with van der Waals surface area (Å²) in [6.07, 6.45) is 2.31. The summed E-state index contributed by atoms with van der Waals surface area (Å²) < 4.78 is 0. The van der Waals surface area contributed by atoms with Gasteiger partial charge in [0.05, 0.1) is 11.2 Å². The number of aliphatic carboxylic acids is 1. The molecule has 1 atom stereocenters. The van der Waals surface area contributed by atoms with Crippen molar-refractivity contribution in [2.45, 2.75) is 24.6 Å². The number of H-pyrrole nitrogens is 1. The summed E-state index contributed by atoms with van der Waals surface area (Å²) in [5.41, 5.74) is 2.62. The summed E-state index contributed by atoms with van der Waals surface area (Å²) in [6.45, 7) is 2.05. The van der Waals surface area contributed by atoms with Crippen molar-refractivity contribution in [2.75, 3.05) is 0 Å². The molecule has 5 heteroatoms. The third-order valence-corrected chi connectivity index (χ3v) is 3.83. The van der Waals surface area contributed by atoms with Crippen molar-refractivity contribution in [1.82, 2.24) is 4.98 Å². The molecule has 0 aliphatic carbocycles. The normalized spacial score (nSPS) is 12.5. The number of aryl methyl sites for hydroxylation is 1. The Balaban J connectivity index is 2.41. The molecule has 0 radical (unpaired) electrons. The Bertz CT molecular complexity index is 633. The van der Waals surface area contributed by atoms with Gasteiger partial charge in [-0.3, -0.25) is 9.59 Å². The van der Waals surface area contributed by atoms with Gasteiger partial charge < -0.3 is 10.1 Å². The molecule has 0 saturated carbocycles. The van der Waals surface area contributed by atoms with Crippen molar-refractivity contribution in [1.29, 1.82) is 0 Å². The quantitative estimate of drug-likeness (QED) is 0.656. The highest BCUT2D eigenvalue weighted by molar-refractivity contribution is 9.10. The minimum atomic E-state index is -0.996. The molecule has 2 aromatic rings. The van der Waals surface area contributed by atoms with Crippen molar-refractivity contribution in [2.24, 2.45) is 0 Å². The third-order valence-electron chi connectivity index (χ3n) is 3.09. The van der Waals surface area contributed by atoms with E-state index in [0.717, 1.165) is 22.9 Å². The Morgan fingerprint density at radius 1 is 1.42 bits per heavy atom. The lowest BCUT2D eigenvalue weighted by Gasteiger charge is -2.05. The predicted octanol–water partition coefficient (Wildman–Crippen LogP) is 3.15. The van der Waals surface area contributed by atoms with Gasteiger partial charge in [-0.05, 0) is 12.0 Å². The zero-order valence-electron chi connectivity index (χ0n) is 10.4. The molecular formula is C14H14BrNO3. The van der Waals surface area contributed by atoms with Gasteiger partial charge in [0.15, 0.2) is 5.78 Å². The second-order valence-electron chi connectivity index (χ2n) is 4.33. The molecule has 1 aromatic carbocycles. The molecule has 1 aromatic heterocycles. The SMILES string of the molecule is CCc1cccc2c(C(=O)C(Br)CC(=O)O)c[nH]c12. The van der Waals surface area contributed by atoms with Gasteiger partial charge in [-0.15, -0.1) is 0 Å². The number of aromatic nitrogens is 1. The first-order valence-corrected chi connectivity index (χ1v) is 6.95. The number of carboxylic acid groups (broad SMARTS) is 1. The number of hydrogen-bond acceptors (Lipinski definition) is 2. The van der Waals surface area contributed by atoms with Crippen LogP contribution in [0.4, 0.5) is 0 Å². The van der Waals surface area contributed by atoms with Gasteiger partial charge >= 0.3 is 5.97 Å².